The Morgan fingerprint density at radius 3 is 2.73 bits per heavy atom. The Morgan fingerprint density at radius 2 is 2.04 bits per heavy atom. The molecule has 1 atom stereocenters. The topological polar surface area (TPSA) is 84.9 Å². The summed E-state index contributed by atoms with van der Waals surface area (Å²) in [5.74, 6) is -1.000. The maximum absolute atomic E-state index is 12.5. The zero-order valence-corrected chi connectivity index (χ0v) is 14.5. The molecule has 0 bridgehead atoms. The molecule has 1 saturated heterocycles. The van der Waals surface area contributed by atoms with E-state index in [9.17, 15) is 14.7 Å². The molecular formula is C20H21NO5. The molecule has 2 N–H and O–H groups in total. The van der Waals surface area contributed by atoms with Crippen LogP contribution in [0.2, 0.25) is 0 Å². The molecule has 1 amide bonds. The zero-order chi connectivity index (χ0) is 18.6. The predicted octanol–water partition coefficient (Wildman–Crippen LogP) is 2.55. The highest BCUT2D eigenvalue weighted by Gasteiger charge is 2.44. The van der Waals surface area contributed by atoms with Gasteiger partial charge in [-0.3, -0.25) is 4.79 Å². The molecule has 6 heteroatoms. The van der Waals surface area contributed by atoms with Gasteiger partial charge in [-0.05, 0) is 30.7 Å². The van der Waals surface area contributed by atoms with Gasteiger partial charge < -0.3 is 19.9 Å². The van der Waals surface area contributed by atoms with Crippen molar-refractivity contribution in [3.63, 3.8) is 0 Å². The molecule has 0 spiro atoms. The Hall–Kier alpha value is -2.86. The molecule has 136 valence electrons. The molecular weight excluding hydrogens is 334 g/mol. The molecule has 0 saturated carbocycles. The first-order chi connectivity index (χ1) is 12.5. The lowest BCUT2D eigenvalue weighted by Crippen LogP contribution is -2.55. The van der Waals surface area contributed by atoms with Gasteiger partial charge in [-0.15, -0.1) is 0 Å². The number of rotatable bonds is 6. The van der Waals surface area contributed by atoms with Crippen LogP contribution in [0.25, 0.3) is 0 Å². The van der Waals surface area contributed by atoms with Crippen LogP contribution in [-0.2, 0) is 16.1 Å². The van der Waals surface area contributed by atoms with E-state index in [-0.39, 0.29) is 13.0 Å². The number of carboxylic acids is 1. The first-order valence-electron chi connectivity index (χ1n) is 8.41. The fraction of sp³-hybridized carbons (Fsp3) is 0.300. The van der Waals surface area contributed by atoms with Gasteiger partial charge in [-0.25, -0.2) is 4.79 Å². The third-order valence-corrected chi connectivity index (χ3v) is 4.37. The zero-order valence-electron chi connectivity index (χ0n) is 14.5. The van der Waals surface area contributed by atoms with E-state index in [1.54, 1.807) is 24.3 Å². The maximum atomic E-state index is 12.5. The van der Waals surface area contributed by atoms with Crippen molar-refractivity contribution >= 4 is 11.9 Å². The van der Waals surface area contributed by atoms with Gasteiger partial charge in [-0.1, -0.05) is 35.9 Å². The number of hydrogen-bond acceptors (Lipinski definition) is 4. The van der Waals surface area contributed by atoms with E-state index in [1.807, 2.05) is 31.2 Å². The number of ether oxygens (including phenoxy) is 2. The lowest BCUT2D eigenvalue weighted by atomic mass is 9.98. The number of aliphatic carboxylic acids is 1. The van der Waals surface area contributed by atoms with Crippen molar-refractivity contribution in [2.45, 2.75) is 25.5 Å². The van der Waals surface area contributed by atoms with Crippen LogP contribution in [0.3, 0.4) is 0 Å². The van der Waals surface area contributed by atoms with Crippen molar-refractivity contribution in [1.29, 1.82) is 0 Å². The summed E-state index contributed by atoms with van der Waals surface area (Å²) < 4.78 is 10.9. The van der Waals surface area contributed by atoms with Gasteiger partial charge in [0.25, 0.3) is 5.91 Å². The molecule has 0 aliphatic carbocycles. The average Bonchev–Trinajstić information content (AvgIpc) is 3.10. The molecule has 1 heterocycles. The third kappa shape index (κ3) is 4.03. The molecule has 0 radical (unpaired) electrons. The molecule has 1 fully saturated rings. The van der Waals surface area contributed by atoms with Crippen LogP contribution < -0.4 is 10.1 Å². The van der Waals surface area contributed by atoms with Crippen LogP contribution in [0.15, 0.2) is 48.5 Å². The SMILES string of the molecule is Cc1cccc(COc2cccc(C(=O)NC3(C(=O)O)CCOC3)c2)c1. The Balaban J connectivity index is 1.68. The molecule has 1 aliphatic rings. The summed E-state index contributed by atoms with van der Waals surface area (Å²) in [5.41, 5.74) is 1.17. The number of carbonyl (C=O) groups excluding carboxylic acids is 1. The minimum absolute atomic E-state index is 0.0301. The van der Waals surface area contributed by atoms with Crippen molar-refractivity contribution in [3.8, 4) is 5.75 Å². The Bertz CT molecular complexity index is 811. The van der Waals surface area contributed by atoms with Gasteiger partial charge in [0, 0.05) is 18.6 Å². The van der Waals surface area contributed by atoms with Gasteiger partial charge >= 0.3 is 5.97 Å². The molecule has 1 unspecified atom stereocenters. The van der Waals surface area contributed by atoms with Crippen molar-refractivity contribution < 1.29 is 24.2 Å². The third-order valence-electron chi connectivity index (χ3n) is 4.37. The standard InChI is InChI=1S/C20H21NO5/c1-14-4-2-5-15(10-14)12-26-17-7-3-6-16(11-17)18(22)21-20(19(23)24)8-9-25-13-20/h2-7,10-11H,8-9,12-13H2,1H3,(H,21,22)(H,23,24). The smallest absolute Gasteiger partial charge is 0.331 e. The predicted molar refractivity (Wildman–Crippen MR) is 95.2 cm³/mol. The highest BCUT2D eigenvalue weighted by molar-refractivity contribution is 5.98. The van der Waals surface area contributed by atoms with Crippen LogP contribution in [0.1, 0.15) is 27.9 Å². The molecule has 26 heavy (non-hydrogen) atoms. The van der Waals surface area contributed by atoms with E-state index in [0.717, 1.165) is 11.1 Å². The summed E-state index contributed by atoms with van der Waals surface area (Å²) >= 11 is 0. The van der Waals surface area contributed by atoms with Crippen LogP contribution in [0.5, 0.6) is 5.75 Å². The van der Waals surface area contributed by atoms with E-state index >= 15 is 0 Å². The molecule has 3 rings (SSSR count). The Kier molecular flexibility index (Phi) is 5.23. The number of nitrogens with one attached hydrogen (secondary N) is 1. The van der Waals surface area contributed by atoms with Crippen molar-refractivity contribution in [2.75, 3.05) is 13.2 Å². The average molecular weight is 355 g/mol. The molecule has 0 aromatic heterocycles. The van der Waals surface area contributed by atoms with Gasteiger partial charge in [0.05, 0.1) is 6.61 Å². The minimum atomic E-state index is -1.37. The summed E-state index contributed by atoms with van der Waals surface area (Å²) in [4.78, 5) is 24.0. The number of benzene rings is 2. The highest BCUT2D eigenvalue weighted by atomic mass is 16.5. The number of aryl methyl sites for hydroxylation is 1. The van der Waals surface area contributed by atoms with Gasteiger partial charge in [0.2, 0.25) is 0 Å². The van der Waals surface area contributed by atoms with Crippen molar-refractivity contribution in [1.82, 2.24) is 5.32 Å². The Labute approximate surface area is 151 Å². The molecule has 1 aliphatic heterocycles. The van der Waals surface area contributed by atoms with Gasteiger partial charge in [-0.2, -0.15) is 0 Å². The number of carboxylic acid groups (broad SMARTS) is 1. The van der Waals surface area contributed by atoms with Gasteiger partial charge in [0.15, 0.2) is 5.54 Å². The minimum Gasteiger partial charge on any atom is -0.489 e. The second-order valence-electron chi connectivity index (χ2n) is 6.45. The summed E-state index contributed by atoms with van der Waals surface area (Å²) in [6, 6.07) is 14.7. The van der Waals surface area contributed by atoms with Crippen molar-refractivity contribution in [3.05, 3.63) is 65.2 Å². The monoisotopic (exact) mass is 355 g/mol. The van der Waals surface area contributed by atoms with E-state index in [1.165, 1.54) is 0 Å². The van der Waals surface area contributed by atoms with Crippen molar-refractivity contribution in [2.24, 2.45) is 0 Å². The van der Waals surface area contributed by atoms with Crippen LogP contribution in [-0.4, -0.2) is 35.7 Å². The molecule has 2 aromatic rings. The summed E-state index contributed by atoms with van der Waals surface area (Å²) in [5, 5.41) is 12.0. The van der Waals surface area contributed by atoms with Gasteiger partial charge in [0.1, 0.15) is 12.4 Å². The second-order valence-corrected chi connectivity index (χ2v) is 6.45. The lowest BCUT2D eigenvalue weighted by Gasteiger charge is -2.23. The van der Waals surface area contributed by atoms with Crippen LogP contribution >= 0.6 is 0 Å². The second kappa shape index (κ2) is 7.58. The quantitative estimate of drug-likeness (QED) is 0.832. The largest absolute Gasteiger partial charge is 0.489 e. The number of carbonyl (C=O) groups is 2. The van der Waals surface area contributed by atoms with Crippen LogP contribution in [0, 0.1) is 6.92 Å². The summed E-state index contributed by atoms with van der Waals surface area (Å²) in [6.07, 6.45) is 0.248. The number of hydrogen-bond donors (Lipinski definition) is 2. The van der Waals surface area contributed by atoms with E-state index in [2.05, 4.69) is 5.32 Å². The fourth-order valence-corrected chi connectivity index (χ4v) is 2.87. The first-order valence-corrected chi connectivity index (χ1v) is 8.41. The lowest BCUT2D eigenvalue weighted by molar-refractivity contribution is -0.144. The summed E-state index contributed by atoms with van der Waals surface area (Å²) in [7, 11) is 0. The fourth-order valence-electron chi connectivity index (χ4n) is 2.87. The molecule has 2 aromatic carbocycles. The van der Waals surface area contributed by atoms with E-state index < -0.39 is 17.4 Å². The Morgan fingerprint density at radius 1 is 1.23 bits per heavy atom. The number of amides is 1. The first kappa shape index (κ1) is 17.9. The van der Waals surface area contributed by atoms with E-state index in [4.69, 9.17) is 9.47 Å². The normalized spacial score (nSPS) is 19.1. The maximum Gasteiger partial charge on any atom is 0.331 e. The molecule has 6 nitrogen and oxygen atoms in total. The van der Waals surface area contributed by atoms with E-state index in [0.29, 0.717) is 24.5 Å². The summed E-state index contributed by atoms with van der Waals surface area (Å²) in [6.45, 7) is 2.68. The highest BCUT2D eigenvalue weighted by Crippen LogP contribution is 2.21. The van der Waals surface area contributed by atoms with Crippen LogP contribution in [0.4, 0.5) is 0 Å².